The first-order valence-corrected chi connectivity index (χ1v) is 7.20. The molecule has 1 unspecified atom stereocenters. The van der Waals surface area contributed by atoms with Crippen molar-refractivity contribution in [3.63, 3.8) is 0 Å². The summed E-state index contributed by atoms with van der Waals surface area (Å²) in [4.78, 5) is -0.00165. The van der Waals surface area contributed by atoms with Crippen LogP contribution in [-0.2, 0) is 14.6 Å². The van der Waals surface area contributed by atoms with E-state index in [0.717, 1.165) is 0 Å². The van der Waals surface area contributed by atoms with E-state index in [9.17, 15) is 8.42 Å². The maximum Gasteiger partial charge on any atom is 0.181 e. The van der Waals surface area contributed by atoms with E-state index in [1.165, 1.54) is 25.3 Å². The van der Waals surface area contributed by atoms with Crippen LogP contribution in [0.25, 0.3) is 0 Å². The zero-order valence-electron chi connectivity index (χ0n) is 9.19. The van der Waals surface area contributed by atoms with Crippen LogP contribution in [0.4, 0.5) is 0 Å². The lowest BCUT2D eigenvalue weighted by molar-refractivity contribution is 0.186. The second-order valence-electron chi connectivity index (χ2n) is 3.57. The third-order valence-corrected chi connectivity index (χ3v) is 4.59. The molecule has 96 valence electrons. The first-order chi connectivity index (χ1) is 7.86. The van der Waals surface area contributed by atoms with Gasteiger partial charge in [-0.1, -0.05) is 23.2 Å². The molecule has 0 saturated heterocycles. The van der Waals surface area contributed by atoms with Gasteiger partial charge in [0.25, 0.3) is 0 Å². The molecule has 1 rings (SSSR count). The van der Waals surface area contributed by atoms with Gasteiger partial charge in [0.1, 0.15) is 0 Å². The van der Waals surface area contributed by atoms with Gasteiger partial charge < -0.3 is 10.5 Å². The zero-order valence-corrected chi connectivity index (χ0v) is 11.5. The Morgan fingerprint density at radius 2 is 2.06 bits per heavy atom. The maximum atomic E-state index is 12.0. The molecule has 1 aromatic rings. The number of benzene rings is 1. The Bertz CT molecular complexity index is 490. The molecule has 0 amide bonds. The highest BCUT2D eigenvalue weighted by atomic mass is 35.5. The number of sulfone groups is 1. The van der Waals surface area contributed by atoms with Gasteiger partial charge in [0.15, 0.2) is 9.84 Å². The molecule has 1 atom stereocenters. The normalized spacial score (nSPS) is 13.6. The first kappa shape index (κ1) is 14.7. The van der Waals surface area contributed by atoms with Gasteiger partial charge in [-0.25, -0.2) is 8.42 Å². The predicted molar refractivity (Wildman–Crippen MR) is 68.4 cm³/mol. The van der Waals surface area contributed by atoms with Crippen LogP contribution in [0.2, 0.25) is 10.0 Å². The summed E-state index contributed by atoms with van der Waals surface area (Å²) in [7, 11) is -2.10. The van der Waals surface area contributed by atoms with Gasteiger partial charge in [-0.2, -0.15) is 0 Å². The minimum atomic E-state index is -3.56. The number of methoxy groups -OCH3 is 1. The van der Waals surface area contributed by atoms with Crippen molar-refractivity contribution in [1.29, 1.82) is 0 Å². The van der Waals surface area contributed by atoms with Crippen molar-refractivity contribution in [2.45, 2.75) is 10.9 Å². The fraction of sp³-hybridized carbons (Fsp3) is 0.400. The monoisotopic (exact) mass is 297 g/mol. The van der Waals surface area contributed by atoms with Gasteiger partial charge in [-0.3, -0.25) is 0 Å². The van der Waals surface area contributed by atoms with Crippen LogP contribution >= 0.6 is 23.2 Å². The van der Waals surface area contributed by atoms with Crippen LogP contribution in [0.5, 0.6) is 0 Å². The van der Waals surface area contributed by atoms with E-state index < -0.39 is 15.9 Å². The zero-order chi connectivity index (χ0) is 13.1. The maximum absolute atomic E-state index is 12.0. The van der Waals surface area contributed by atoms with Crippen molar-refractivity contribution in [2.75, 3.05) is 19.5 Å². The predicted octanol–water partition coefficient (Wildman–Crippen LogP) is 1.74. The highest BCUT2D eigenvalue weighted by Crippen LogP contribution is 2.26. The van der Waals surface area contributed by atoms with Gasteiger partial charge in [0.05, 0.1) is 22.3 Å². The van der Waals surface area contributed by atoms with Gasteiger partial charge in [-0.15, -0.1) is 0 Å². The molecule has 0 spiro atoms. The summed E-state index contributed by atoms with van der Waals surface area (Å²) in [6, 6.07) is 3.69. The quantitative estimate of drug-likeness (QED) is 0.899. The smallest absolute Gasteiger partial charge is 0.181 e. The van der Waals surface area contributed by atoms with Crippen molar-refractivity contribution in [2.24, 2.45) is 5.73 Å². The van der Waals surface area contributed by atoms with E-state index in [1.807, 2.05) is 0 Å². The van der Waals surface area contributed by atoms with Crippen LogP contribution in [-0.4, -0.2) is 33.9 Å². The Hall–Kier alpha value is -0.330. The van der Waals surface area contributed by atoms with E-state index in [4.69, 9.17) is 33.7 Å². The summed E-state index contributed by atoms with van der Waals surface area (Å²) in [5.41, 5.74) is 5.62. The molecule has 0 aliphatic heterocycles. The largest absolute Gasteiger partial charge is 0.383 e. The lowest BCUT2D eigenvalue weighted by Gasteiger charge is -2.12. The highest BCUT2D eigenvalue weighted by molar-refractivity contribution is 7.91. The lowest BCUT2D eigenvalue weighted by Crippen LogP contribution is -2.33. The average molecular weight is 298 g/mol. The summed E-state index contributed by atoms with van der Waals surface area (Å²) in [6.45, 7) is 0.164. The molecular weight excluding hydrogens is 285 g/mol. The Labute approximate surface area is 111 Å². The van der Waals surface area contributed by atoms with Crippen LogP contribution in [0.3, 0.4) is 0 Å². The minimum Gasteiger partial charge on any atom is -0.383 e. The van der Waals surface area contributed by atoms with Crippen molar-refractivity contribution < 1.29 is 13.2 Å². The second-order valence-corrected chi connectivity index (χ2v) is 6.42. The number of rotatable bonds is 5. The SMILES string of the molecule is COCC(N)CS(=O)(=O)c1cc(Cl)ccc1Cl. The number of hydrogen-bond donors (Lipinski definition) is 1. The topological polar surface area (TPSA) is 69.4 Å². The third-order valence-electron chi connectivity index (χ3n) is 2.04. The molecule has 0 heterocycles. The molecule has 0 saturated carbocycles. The number of hydrogen-bond acceptors (Lipinski definition) is 4. The van der Waals surface area contributed by atoms with E-state index >= 15 is 0 Å². The second kappa shape index (κ2) is 6.02. The molecule has 7 heteroatoms. The summed E-state index contributed by atoms with van der Waals surface area (Å²) < 4.78 is 28.8. The van der Waals surface area contributed by atoms with Gasteiger partial charge >= 0.3 is 0 Å². The number of ether oxygens (including phenoxy) is 1. The molecule has 17 heavy (non-hydrogen) atoms. The number of nitrogens with two attached hydrogens (primary N) is 1. The molecule has 0 radical (unpaired) electrons. The molecular formula is C10H13Cl2NO3S. The third kappa shape index (κ3) is 4.12. The molecule has 1 aromatic carbocycles. The first-order valence-electron chi connectivity index (χ1n) is 4.79. The summed E-state index contributed by atoms with van der Waals surface area (Å²) in [5, 5.41) is 0.451. The van der Waals surface area contributed by atoms with Crippen molar-refractivity contribution in [3.8, 4) is 0 Å². The lowest BCUT2D eigenvalue weighted by atomic mass is 10.4. The minimum absolute atomic E-state index is 0.00165. The fourth-order valence-electron chi connectivity index (χ4n) is 1.35. The Morgan fingerprint density at radius 1 is 1.41 bits per heavy atom. The van der Waals surface area contributed by atoms with Crippen molar-refractivity contribution in [1.82, 2.24) is 0 Å². The Kier molecular flexibility index (Phi) is 5.22. The van der Waals surface area contributed by atoms with Gasteiger partial charge in [0.2, 0.25) is 0 Å². The van der Waals surface area contributed by atoms with Crippen LogP contribution in [0.1, 0.15) is 0 Å². The van der Waals surface area contributed by atoms with Gasteiger partial charge in [0, 0.05) is 18.2 Å². The molecule has 0 aromatic heterocycles. The molecule has 4 nitrogen and oxygen atoms in total. The highest BCUT2D eigenvalue weighted by Gasteiger charge is 2.21. The van der Waals surface area contributed by atoms with Crippen LogP contribution < -0.4 is 5.73 Å². The average Bonchev–Trinajstić information content (AvgIpc) is 2.21. The van der Waals surface area contributed by atoms with Crippen molar-refractivity contribution >= 4 is 33.0 Å². The number of halogens is 2. The van der Waals surface area contributed by atoms with Crippen molar-refractivity contribution in [3.05, 3.63) is 28.2 Å². The van der Waals surface area contributed by atoms with E-state index in [0.29, 0.717) is 5.02 Å². The molecule has 2 N–H and O–H groups in total. The van der Waals surface area contributed by atoms with Gasteiger partial charge in [-0.05, 0) is 18.2 Å². The fourth-order valence-corrected chi connectivity index (χ4v) is 3.57. The van der Waals surface area contributed by atoms with E-state index in [1.54, 1.807) is 0 Å². The molecule has 0 aliphatic rings. The Balaban J connectivity index is 3.01. The Morgan fingerprint density at radius 3 is 2.65 bits per heavy atom. The standard InChI is InChI=1S/C10H13Cl2NO3S/c1-16-5-8(13)6-17(14,15)10-4-7(11)2-3-9(10)12/h2-4,8H,5-6,13H2,1H3. The van der Waals surface area contributed by atoms with Crippen LogP contribution in [0, 0.1) is 0 Å². The summed E-state index contributed by atoms with van der Waals surface area (Å²) in [5.74, 6) is -0.235. The summed E-state index contributed by atoms with van der Waals surface area (Å²) in [6.07, 6.45) is 0. The summed E-state index contributed by atoms with van der Waals surface area (Å²) >= 11 is 11.6. The molecule has 0 bridgehead atoms. The molecule has 0 aliphatic carbocycles. The van der Waals surface area contributed by atoms with Crippen LogP contribution in [0.15, 0.2) is 23.1 Å². The molecule has 0 fully saturated rings. The van der Waals surface area contributed by atoms with E-state index in [2.05, 4.69) is 0 Å². The van der Waals surface area contributed by atoms with E-state index in [-0.39, 0.29) is 22.3 Å².